The summed E-state index contributed by atoms with van der Waals surface area (Å²) in [5, 5.41) is 3.09. The molecule has 1 aliphatic heterocycles. The van der Waals surface area contributed by atoms with Crippen molar-refractivity contribution in [1.82, 2.24) is 10.2 Å². The first kappa shape index (κ1) is 23.4. The molecule has 1 fully saturated rings. The first-order chi connectivity index (χ1) is 12.6. The molecule has 0 bridgehead atoms. The molecule has 1 atom stereocenters. The second kappa shape index (κ2) is 12.7. The maximum Gasteiger partial charge on any atom is 0.223 e. The Kier molecular flexibility index (Phi) is 11.1. The smallest absolute Gasteiger partial charge is 0.223 e. The Bertz CT molecular complexity index is 560. The minimum absolute atomic E-state index is 0. The summed E-state index contributed by atoms with van der Waals surface area (Å²) >= 11 is 0. The summed E-state index contributed by atoms with van der Waals surface area (Å²) in [7, 11) is 0. The van der Waals surface area contributed by atoms with E-state index in [1.54, 1.807) is 0 Å². The summed E-state index contributed by atoms with van der Waals surface area (Å²) in [4.78, 5) is 26.8. The van der Waals surface area contributed by atoms with E-state index < -0.39 is 0 Å². The molecule has 152 valence electrons. The third kappa shape index (κ3) is 7.89. The molecule has 1 saturated heterocycles. The van der Waals surface area contributed by atoms with Gasteiger partial charge in [-0.3, -0.25) is 9.59 Å². The first-order valence-corrected chi connectivity index (χ1v) is 9.96. The zero-order valence-electron chi connectivity index (χ0n) is 16.4. The van der Waals surface area contributed by atoms with Crippen LogP contribution in [-0.4, -0.2) is 42.4 Å². The molecule has 3 N–H and O–H groups in total. The van der Waals surface area contributed by atoms with Crippen LogP contribution in [0.2, 0.25) is 0 Å². The van der Waals surface area contributed by atoms with Crippen LogP contribution in [0.1, 0.15) is 51.0 Å². The number of hydrogen-bond donors (Lipinski definition) is 2. The molecule has 0 aromatic heterocycles. The van der Waals surface area contributed by atoms with Gasteiger partial charge < -0.3 is 16.0 Å². The summed E-state index contributed by atoms with van der Waals surface area (Å²) in [6.07, 6.45) is 5.92. The van der Waals surface area contributed by atoms with E-state index in [-0.39, 0.29) is 36.2 Å². The van der Waals surface area contributed by atoms with Crippen molar-refractivity contribution in [2.24, 2.45) is 11.7 Å². The standard InChI is InChI=1S/C21H33N3O2.ClH/c1-2-3-9-19(16-22)23-21(26)18-12-14-24(15-13-18)20(25)11-10-17-7-5-4-6-8-17;/h4-8,18-19H,2-3,9-16,22H2,1H3,(H,23,26);1H. The normalized spacial score (nSPS) is 15.7. The molecule has 5 nitrogen and oxygen atoms in total. The van der Waals surface area contributed by atoms with E-state index in [0.717, 1.165) is 38.5 Å². The highest BCUT2D eigenvalue weighted by molar-refractivity contribution is 5.85. The SMILES string of the molecule is CCCCC(CN)NC(=O)C1CCN(C(=O)CCc2ccccc2)CC1.Cl. The number of carbonyl (C=O) groups is 2. The summed E-state index contributed by atoms with van der Waals surface area (Å²) in [5.41, 5.74) is 6.96. The van der Waals surface area contributed by atoms with Gasteiger partial charge in [-0.1, -0.05) is 50.1 Å². The summed E-state index contributed by atoms with van der Waals surface area (Å²) in [5.74, 6) is 0.298. The lowest BCUT2D eigenvalue weighted by Gasteiger charge is -2.32. The monoisotopic (exact) mass is 395 g/mol. The van der Waals surface area contributed by atoms with Crippen molar-refractivity contribution in [3.63, 3.8) is 0 Å². The molecule has 6 heteroatoms. The predicted molar refractivity (Wildman–Crippen MR) is 112 cm³/mol. The highest BCUT2D eigenvalue weighted by Crippen LogP contribution is 2.19. The number of nitrogens with zero attached hydrogens (tertiary/aromatic N) is 1. The van der Waals surface area contributed by atoms with E-state index in [9.17, 15) is 9.59 Å². The van der Waals surface area contributed by atoms with Crippen LogP contribution in [-0.2, 0) is 16.0 Å². The number of nitrogens with two attached hydrogens (primary N) is 1. The molecule has 27 heavy (non-hydrogen) atoms. The van der Waals surface area contributed by atoms with E-state index in [2.05, 4.69) is 24.4 Å². The number of amides is 2. The third-order valence-electron chi connectivity index (χ3n) is 5.23. The van der Waals surface area contributed by atoms with Gasteiger partial charge in [-0.15, -0.1) is 12.4 Å². The van der Waals surface area contributed by atoms with Gasteiger partial charge in [0, 0.05) is 38.0 Å². The topological polar surface area (TPSA) is 75.4 Å². The average molecular weight is 396 g/mol. The Morgan fingerprint density at radius 3 is 2.48 bits per heavy atom. The van der Waals surface area contributed by atoms with Gasteiger partial charge in [-0.05, 0) is 31.2 Å². The van der Waals surface area contributed by atoms with Gasteiger partial charge in [0.05, 0.1) is 0 Å². The van der Waals surface area contributed by atoms with E-state index in [4.69, 9.17) is 5.73 Å². The van der Waals surface area contributed by atoms with Crippen LogP contribution in [0, 0.1) is 5.92 Å². The molecule has 0 spiro atoms. The maximum atomic E-state index is 12.4. The minimum atomic E-state index is 0. The number of benzene rings is 1. The molecule has 1 unspecified atom stereocenters. The van der Waals surface area contributed by atoms with Gasteiger partial charge in [-0.25, -0.2) is 0 Å². The number of carbonyl (C=O) groups excluding carboxylic acids is 2. The Morgan fingerprint density at radius 2 is 1.89 bits per heavy atom. The summed E-state index contributed by atoms with van der Waals surface area (Å²) in [6, 6.07) is 10.2. The second-order valence-electron chi connectivity index (χ2n) is 7.22. The highest BCUT2D eigenvalue weighted by Gasteiger charge is 2.28. The van der Waals surface area contributed by atoms with Gasteiger partial charge >= 0.3 is 0 Å². The molecule has 2 amide bonds. The lowest BCUT2D eigenvalue weighted by Crippen LogP contribution is -2.47. The van der Waals surface area contributed by atoms with Gasteiger partial charge in [0.15, 0.2) is 0 Å². The Balaban J connectivity index is 0.00000364. The van der Waals surface area contributed by atoms with Crippen LogP contribution in [0.25, 0.3) is 0 Å². The third-order valence-corrected chi connectivity index (χ3v) is 5.23. The first-order valence-electron chi connectivity index (χ1n) is 9.96. The lowest BCUT2D eigenvalue weighted by atomic mass is 9.94. The van der Waals surface area contributed by atoms with Crippen molar-refractivity contribution >= 4 is 24.2 Å². The van der Waals surface area contributed by atoms with E-state index >= 15 is 0 Å². The fourth-order valence-corrected chi connectivity index (χ4v) is 3.46. The van der Waals surface area contributed by atoms with E-state index in [1.807, 2.05) is 23.1 Å². The number of rotatable bonds is 9. The lowest BCUT2D eigenvalue weighted by molar-refractivity contribution is -0.135. The maximum absolute atomic E-state index is 12.4. The van der Waals surface area contributed by atoms with Crippen molar-refractivity contribution in [3.8, 4) is 0 Å². The Labute approximate surface area is 169 Å². The minimum Gasteiger partial charge on any atom is -0.352 e. The number of likely N-dealkylation sites (tertiary alicyclic amines) is 1. The van der Waals surface area contributed by atoms with Crippen LogP contribution in [0.15, 0.2) is 30.3 Å². The number of piperidine rings is 1. The number of halogens is 1. The van der Waals surface area contributed by atoms with Crippen molar-refractivity contribution in [2.75, 3.05) is 19.6 Å². The zero-order valence-corrected chi connectivity index (χ0v) is 17.2. The average Bonchev–Trinajstić information content (AvgIpc) is 2.70. The van der Waals surface area contributed by atoms with Crippen LogP contribution in [0.3, 0.4) is 0 Å². The predicted octanol–water partition coefficient (Wildman–Crippen LogP) is 2.91. The molecular weight excluding hydrogens is 362 g/mol. The van der Waals surface area contributed by atoms with Crippen LogP contribution >= 0.6 is 12.4 Å². The van der Waals surface area contributed by atoms with Gasteiger partial charge in [-0.2, -0.15) is 0 Å². The molecule has 1 aromatic carbocycles. The Morgan fingerprint density at radius 1 is 1.22 bits per heavy atom. The highest BCUT2D eigenvalue weighted by atomic mass is 35.5. The van der Waals surface area contributed by atoms with Crippen molar-refractivity contribution in [3.05, 3.63) is 35.9 Å². The quantitative estimate of drug-likeness (QED) is 0.675. The number of unbranched alkanes of at least 4 members (excludes halogenated alkanes) is 1. The number of nitrogens with one attached hydrogen (secondary N) is 1. The van der Waals surface area contributed by atoms with Crippen molar-refractivity contribution < 1.29 is 9.59 Å². The molecule has 1 heterocycles. The largest absolute Gasteiger partial charge is 0.352 e. The molecule has 0 saturated carbocycles. The fraction of sp³-hybridized carbons (Fsp3) is 0.619. The van der Waals surface area contributed by atoms with Gasteiger partial charge in [0.25, 0.3) is 0 Å². The Hall–Kier alpha value is -1.59. The molecule has 1 aliphatic rings. The van der Waals surface area contributed by atoms with Gasteiger partial charge in [0.1, 0.15) is 0 Å². The molecule has 0 radical (unpaired) electrons. The van der Waals surface area contributed by atoms with Crippen LogP contribution in [0.4, 0.5) is 0 Å². The van der Waals surface area contributed by atoms with E-state index in [0.29, 0.717) is 26.1 Å². The molecule has 0 aliphatic carbocycles. The molecule has 1 aromatic rings. The van der Waals surface area contributed by atoms with Gasteiger partial charge in [0.2, 0.25) is 11.8 Å². The van der Waals surface area contributed by atoms with Crippen molar-refractivity contribution in [2.45, 2.75) is 57.9 Å². The number of hydrogen-bond acceptors (Lipinski definition) is 3. The summed E-state index contributed by atoms with van der Waals surface area (Å²) < 4.78 is 0. The van der Waals surface area contributed by atoms with E-state index in [1.165, 1.54) is 5.56 Å². The number of aryl methyl sites for hydroxylation is 1. The fourth-order valence-electron chi connectivity index (χ4n) is 3.46. The zero-order chi connectivity index (χ0) is 18.8. The summed E-state index contributed by atoms with van der Waals surface area (Å²) in [6.45, 7) is 3.98. The second-order valence-corrected chi connectivity index (χ2v) is 7.22. The van der Waals surface area contributed by atoms with Crippen molar-refractivity contribution in [1.29, 1.82) is 0 Å². The molecule has 2 rings (SSSR count). The molecular formula is C21H34ClN3O2. The van der Waals surface area contributed by atoms with Crippen LogP contribution < -0.4 is 11.1 Å². The van der Waals surface area contributed by atoms with Crippen LogP contribution in [0.5, 0.6) is 0 Å².